The van der Waals surface area contributed by atoms with Crippen LogP contribution in [-0.2, 0) is 22.9 Å². The molecule has 122 valence electrons. The second-order valence-corrected chi connectivity index (χ2v) is 7.51. The van der Waals surface area contributed by atoms with Crippen LogP contribution in [0.5, 0.6) is 0 Å². The van der Waals surface area contributed by atoms with Gasteiger partial charge in [0.05, 0.1) is 4.90 Å². The van der Waals surface area contributed by atoms with Crippen molar-refractivity contribution in [3.8, 4) is 0 Å². The maximum Gasteiger partial charge on any atom is 0.241 e. The number of benzene rings is 2. The maximum atomic E-state index is 13.8. The summed E-state index contributed by atoms with van der Waals surface area (Å²) in [4.78, 5) is 0.174. The van der Waals surface area contributed by atoms with Crippen molar-refractivity contribution in [3.05, 3.63) is 64.7 Å². The SMILES string of the molecule is C[C@@H](NS(=O)(=O)c1ccc2c(c1)CCC2)c1ccc(F)cc1F. The summed E-state index contributed by atoms with van der Waals surface area (Å²) in [5.74, 6) is -1.46. The summed E-state index contributed by atoms with van der Waals surface area (Å²) in [5.41, 5.74) is 2.34. The summed E-state index contributed by atoms with van der Waals surface area (Å²) in [6.45, 7) is 1.53. The minimum absolute atomic E-state index is 0.108. The first-order valence-electron chi connectivity index (χ1n) is 7.46. The number of aryl methyl sites for hydroxylation is 2. The van der Waals surface area contributed by atoms with E-state index in [2.05, 4.69) is 4.72 Å². The molecule has 2 aromatic carbocycles. The van der Waals surface area contributed by atoms with Crippen molar-refractivity contribution >= 4 is 10.0 Å². The zero-order valence-electron chi connectivity index (χ0n) is 12.6. The molecular formula is C17H17F2NO2S. The van der Waals surface area contributed by atoms with E-state index in [9.17, 15) is 17.2 Å². The van der Waals surface area contributed by atoms with Crippen LogP contribution in [0.2, 0.25) is 0 Å². The van der Waals surface area contributed by atoms with E-state index in [-0.39, 0.29) is 10.5 Å². The predicted molar refractivity (Wildman–Crippen MR) is 83.6 cm³/mol. The Labute approximate surface area is 134 Å². The van der Waals surface area contributed by atoms with Crippen LogP contribution in [0.4, 0.5) is 8.78 Å². The van der Waals surface area contributed by atoms with Gasteiger partial charge in [0.2, 0.25) is 10.0 Å². The zero-order chi connectivity index (χ0) is 16.6. The first-order chi connectivity index (χ1) is 10.9. The number of sulfonamides is 1. The lowest BCUT2D eigenvalue weighted by Crippen LogP contribution is -2.27. The molecule has 0 spiro atoms. The normalized spacial score (nSPS) is 15.4. The lowest BCUT2D eigenvalue weighted by Gasteiger charge is -2.16. The van der Waals surface area contributed by atoms with E-state index in [1.165, 1.54) is 18.6 Å². The Kier molecular flexibility index (Phi) is 4.21. The molecule has 0 unspecified atom stereocenters. The van der Waals surface area contributed by atoms with Crippen molar-refractivity contribution in [1.29, 1.82) is 0 Å². The summed E-state index contributed by atoms with van der Waals surface area (Å²) >= 11 is 0. The number of nitrogens with one attached hydrogen (secondary N) is 1. The van der Waals surface area contributed by atoms with E-state index >= 15 is 0 Å². The molecule has 1 N–H and O–H groups in total. The molecule has 23 heavy (non-hydrogen) atoms. The highest BCUT2D eigenvalue weighted by atomic mass is 32.2. The number of fused-ring (bicyclic) bond motifs is 1. The fourth-order valence-corrected chi connectivity index (χ4v) is 4.21. The van der Waals surface area contributed by atoms with Crippen molar-refractivity contribution in [2.75, 3.05) is 0 Å². The number of rotatable bonds is 4. The van der Waals surface area contributed by atoms with Crippen LogP contribution in [0.1, 0.15) is 36.1 Å². The summed E-state index contributed by atoms with van der Waals surface area (Å²) in [6.07, 6.45) is 2.88. The van der Waals surface area contributed by atoms with Crippen LogP contribution in [0.25, 0.3) is 0 Å². The third-order valence-corrected chi connectivity index (χ3v) is 5.68. The fourth-order valence-electron chi connectivity index (χ4n) is 2.93. The highest BCUT2D eigenvalue weighted by molar-refractivity contribution is 7.89. The van der Waals surface area contributed by atoms with Gasteiger partial charge in [0.15, 0.2) is 0 Å². The molecule has 1 aliphatic carbocycles. The van der Waals surface area contributed by atoms with Crippen LogP contribution >= 0.6 is 0 Å². The Morgan fingerprint density at radius 1 is 1.04 bits per heavy atom. The molecule has 0 aliphatic heterocycles. The van der Waals surface area contributed by atoms with Crippen LogP contribution in [-0.4, -0.2) is 8.42 Å². The van der Waals surface area contributed by atoms with Gasteiger partial charge >= 0.3 is 0 Å². The molecule has 0 heterocycles. The van der Waals surface area contributed by atoms with E-state index in [0.717, 1.165) is 37.0 Å². The van der Waals surface area contributed by atoms with Gasteiger partial charge in [0.25, 0.3) is 0 Å². The first-order valence-corrected chi connectivity index (χ1v) is 8.94. The lowest BCUT2D eigenvalue weighted by atomic mass is 10.1. The van der Waals surface area contributed by atoms with Gasteiger partial charge in [-0.15, -0.1) is 0 Å². The number of hydrogen-bond acceptors (Lipinski definition) is 2. The summed E-state index contributed by atoms with van der Waals surface area (Å²) in [5, 5.41) is 0. The lowest BCUT2D eigenvalue weighted by molar-refractivity contribution is 0.540. The standard InChI is InChI=1S/C17H17F2NO2S/c1-11(16-8-6-14(18)10-17(16)19)20-23(21,22)15-7-5-12-3-2-4-13(12)9-15/h5-11,20H,2-4H2,1H3/t11-/m1/s1. The van der Waals surface area contributed by atoms with E-state index in [1.807, 2.05) is 6.07 Å². The van der Waals surface area contributed by atoms with Gasteiger partial charge in [-0.05, 0) is 55.5 Å². The van der Waals surface area contributed by atoms with Crippen molar-refractivity contribution in [1.82, 2.24) is 4.72 Å². The summed E-state index contributed by atoms with van der Waals surface area (Å²) in [7, 11) is -3.77. The molecule has 0 aromatic heterocycles. The highest BCUT2D eigenvalue weighted by Gasteiger charge is 2.22. The third-order valence-electron chi connectivity index (χ3n) is 4.14. The minimum atomic E-state index is -3.77. The van der Waals surface area contributed by atoms with Crippen molar-refractivity contribution in [2.45, 2.75) is 37.1 Å². The third kappa shape index (κ3) is 3.28. The van der Waals surface area contributed by atoms with Crippen LogP contribution in [0.3, 0.4) is 0 Å². The van der Waals surface area contributed by atoms with Gasteiger partial charge in [-0.1, -0.05) is 12.1 Å². The first kappa shape index (κ1) is 16.1. The van der Waals surface area contributed by atoms with Gasteiger partial charge < -0.3 is 0 Å². The highest BCUT2D eigenvalue weighted by Crippen LogP contribution is 2.26. The molecule has 1 atom stereocenters. The van der Waals surface area contributed by atoms with Crippen LogP contribution in [0.15, 0.2) is 41.3 Å². The van der Waals surface area contributed by atoms with Crippen molar-refractivity contribution in [2.24, 2.45) is 0 Å². The Morgan fingerprint density at radius 2 is 1.78 bits per heavy atom. The average Bonchev–Trinajstić information content (AvgIpc) is 2.93. The van der Waals surface area contributed by atoms with Gasteiger partial charge in [-0.25, -0.2) is 21.9 Å². The maximum absolute atomic E-state index is 13.8. The van der Waals surface area contributed by atoms with E-state index in [0.29, 0.717) is 0 Å². The summed E-state index contributed by atoms with van der Waals surface area (Å²) < 4.78 is 54.2. The fraction of sp³-hybridized carbons (Fsp3) is 0.294. The smallest absolute Gasteiger partial charge is 0.207 e. The Morgan fingerprint density at radius 3 is 2.52 bits per heavy atom. The molecule has 2 aromatic rings. The monoisotopic (exact) mass is 337 g/mol. The molecule has 3 rings (SSSR count). The Bertz CT molecular complexity index is 850. The quantitative estimate of drug-likeness (QED) is 0.928. The topological polar surface area (TPSA) is 46.2 Å². The van der Waals surface area contributed by atoms with Crippen molar-refractivity contribution < 1.29 is 17.2 Å². The van der Waals surface area contributed by atoms with Gasteiger partial charge in [0.1, 0.15) is 11.6 Å². The van der Waals surface area contributed by atoms with Crippen LogP contribution < -0.4 is 4.72 Å². The van der Waals surface area contributed by atoms with Crippen molar-refractivity contribution in [3.63, 3.8) is 0 Å². The predicted octanol–water partition coefficient (Wildman–Crippen LogP) is 3.49. The second kappa shape index (κ2) is 6.02. The summed E-state index contributed by atoms with van der Waals surface area (Å²) in [6, 6.07) is 7.39. The molecule has 0 bridgehead atoms. The van der Waals surface area contributed by atoms with Gasteiger partial charge in [0, 0.05) is 17.7 Å². The van der Waals surface area contributed by atoms with E-state index < -0.39 is 27.7 Å². The van der Waals surface area contributed by atoms with E-state index in [1.54, 1.807) is 12.1 Å². The number of hydrogen-bond donors (Lipinski definition) is 1. The molecule has 6 heteroatoms. The molecule has 0 saturated carbocycles. The molecular weight excluding hydrogens is 320 g/mol. The minimum Gasteiger partial charge on any atom is -0.207 e. The molecule has 3 nitrogen and oxygen atoms in total. The van der Waals surface area contributed by atoms with E-state index in [4.69, 9.17) is 0 Å². The second-order valence-electron chi connectivity index (χ2n) is 5.79. The van der Waals surface area contributed by atoms with Gasteiger partial charge in [-0.3, -0.25) is 0 Å². The Balaban J connectivity index is 1.86. The molecule has 0 fully saturated rings. The zero-order valence-corrected chi connectivity index (χ0v) is 13.5. The molecule has 0 radical (unpaired) electrons. The molecule has 0 saturated heterocycles. The van der Waals surface area contributed by atoms with Gasteiger partial charge in [-0.2, -0.15) is 0 Å². The Hall–Kier alpha value is -1.79. The van der Waals surface area contributed by atoms with Crippen LogP contribution in [0, 0.1) is 11.6 Å². The molecule has 0 amide bonds. The molecule has 1 aliphatic rings. The largest absolute Gasteiger partial charge is 0.241 e. The number of halogens is 2. The average molecular weight is 337 g/mol.